The van der Waals surface area contributed by atoms with Crippen molar-refractivity contribution in [1.29, 1.82) is 0 Å². The molecule has 24 heavy (non-hydrogen) atoms. The Bertz CT molecular complexity index is 742. The van der Waals surface area contributed by atoms with Gasteiger partial charge in [0.25, 0.3) is 5.91 Å². The summed E-state index contributed by atoms with van der Waals surface area (Å²) in [6, 6.07) is 10.6. The van der Waals surface area contributed by atoms with Gasteiger partial charge >= 0.3 is 5.97 Å². The smallest absolute Gasteiger partial charge is 0.339 e. The van der Waals surface area contributed by atoms with E-state index in [0.29, 0.717) is 17.9 Å². The molecule has 0 aliphatic carbocycles. The van der Waals surface area contributed by atoms with Crippen LogP contribution in [0.15, 0.2) is 42.5 Å². The highest BCUT2D eigenvalue weighted by Gasteiger charge is 2.12. The molecule has 0 heterocycles. The minimum atomic E-state index is -1.27. The monoisotopic (exact) mass is 329 g/mol. The Labute approximate surface area is 139 Å². The van der Waals surface area contributed by atoms with Crippen molar-refractivity contribution in [3.8, 4) is 11.5 Å². The SMILES string of the molecule is CCCCOc1cccc(C(=O)Nc2ccc(O)c(C(=O)O)c2)c1. The lowest BCUT2D eigenvalue weighted by atomic mass is 10.1. The molecule has 126 valence electrons. The molecule has 2 aromatic rings. The Morgan fingerprint density at radius 2 is 1.96 bits per heavy atom. The van der Waals surface area contributed by atoms with Gasteiger partial charge in [-0.1, -0.05) is 19.4 Å². The van der Waals surface area contributed by atoms with E-state index in [-0.39, 0.29) is 17.0 Å². The minimum Gasteiger partial charge on any atom is -0.507 e. The third kappa shape index (κ3) is 4.49. The summed E-state index contributed by atoms with van der Waals surface area (Å²) < 4.78 is 5.56. The van der Waals surface area contributed by atoms with Crippen LogP contribution in [0.5, 0.6) is 11.5 Å². The lowest BCUT2D eigenvalue weighted by molar-refractivity contribution is 0.0693. The summed E-state index contributed by atoms with van der Waals surface area (Å²) in [6.45, 7) is 2.65. The second kappa shape index (κ2) is 8.01. The molecule has 0 aromatic heterocycles. The maximum atomic E-state index is 12.3. The fourth-order valence-corrected chi connectivity index (χ4v) is 2.05. The summed E-state index contributed by atoms with van der Waals surface area (Å²) in [5.41, 5.74) is 0.408. The number of benzene rings is 2. The van der Waals surface area contributed by atoms with Gasteiger partial charge in [-0.05, 0) is 42.8 Å². The molecule has 0 bridgehead atoms. The Kier molecular flexibility index (Phi) is 5.78. The van der Waals surface area contributed by atoms with Crippen LogP contribution < -0.4 is 10.1 Å². The maximum absolute atomic E-state index is 12.3. The van der Waals surface area contributed by atoms with E-state index >= 15 is 0 Å². The summed E-state index contributed by atoms with van der Waals surface area (Å²) in [5.74, 6) is -1.41. The van der Waals surface area contributed by atoms with E-state index in [1.807, 2.05) is 0 Å². The number of rotatable bonds is 7. The number of phenols is 1. The van der Waals surface area contributed by atoms with Gasteiger partial charge in [-0.15, -0.1) is 0 Å². The number of carbonyl (C=O) groups excluding carboxylic acids is 1. The highest BCUT2D eigenvalue weighted by Crippen LogP contribution is 2.22. The molecule has 0 aliphatic rings. The zero-order valence-corrected chi connectivity index (χ0v) is 13.3. The Morgan fingerprint density at radius 3 is 2.67 bits per heavy atom. The molecule has 0 radical (unpaired) electrons. The summed E-state index contributed by atoms with van der Waals surface area (Å²) in [6.07, 6.45) is 1.95. The van der Waals surface area contributed by atoms with Crippen LogP contribution >= 0.6 is 0 Å². The Balaban J connectivity index is 2.11. The van der Waals surface area contributed by atoms with Crippen LogP contribution in [-0.4, -0.2) is 28.7 Å². The van der Waals surface area contributed by atoms with Crippen molar-refractivity contribution in [1.82, 2.24) is 0 Å². The van der Waals surface area contributed by atoms with E-state index in [2.05, 4.69) is 12.2 Å². The zero-order chi connectivity index (χ0) is 17.5. The van der Waals surface area contributed by atoms with Gasteiger partial charge in [-0.3, -0.25) is 4.79 Å². The van der Waals surface area contributed by atoms with Gasteiger partial charge in [0, 0.05) is 11.3 Å². The van der Waals surface area contributed by atoms with Crippen LogP contribution in [-0.2, 0) is 0 Å². The predicted octanol–water partition coefficient (Wildman–Crippen LogP) is 3.52. The van der Waals surface area contributed by atoms with E-state index in [1.165, 1.54) is 18.2 Å². The largest absolute Gasteiger partial charge is 0.507 e. The first-order chi connectivity index (χ1) is 11.5. The fourth-order valence-electron chi connectivity index (χ4n) is 2.05. The van der Waals surface area contributed by atoms with Gasteiger partial charge in [0.1, 0.15) is 17.1 Å². The molecule has 3 N–H and O–H groups in total. The lowest BCUT2D eigenvalue weighted by Gasteiger charge is -2.09. The fraction of sp³-hybridized carbons (Fsp3) is 0.222. The van der Waals surface area contributed by atoms with Crippen LogP contribution in [0.3, 0.4) is 0 Å². The number of ether oxygens (including phenoxy) is 1. The first-order valence-electron chi connectivity index (χ1n) is 7.61. The molecular weight excluding hydrogens is 310 g/mol. The maximum Gasteiger partial charge on any atom is 0.339 e. The number of amides is 1. The second-order valence-electron chi connectivity index (χ2n) is 5.22. The second-order valence-corrected chi connectivity index (χ2v) is 5.22. The van der Waals surface area contributed by atoms with Gasteiger partial charge in [0.05, 0.1) is 6.61 Å². The van der Waals surface area contributed by atoms with Gasteiger partial charge in [-0.2, -0.15) is 0 Å². The van der Waals surface area contributed by atoms with Crippen molar-refractivity contribution >= 4 is 17.6 Å². The summed E-state index contributed by atoms with van der Waals surface area (Å²) in [7, 11) is 0. The topological polar surface area (TPSA) is 95.9 Å². The number of carbonyl (C=O) groups is 2. The average molecular weight is 329 g/mol. The van der Waals surface area contributed by atoms with E-state index in [0.717, 1.165) is 12.8 Å². The highest BCUT2D eigenvalue weighted by molar-refractivity contribution is 6.05. The number of carboxylic acid groups (broad SMARTS) is 1. The molecule has 1 amide bonds. The number of nitrogens with one attached hydrogen (secondary N) is 1. The van der Waals surface area contributed by atoms with E-state index in [4.69, 9.17) is 9.84 Å². The Hall–Kier alpha value is -3.02. The molecule has 2 aromatic carbocycles. The van der Waals surface area contributed by atoms with E-state index in [9.17, 15) is 14.7 Å². The molecule has 6 heteroatoms. The molecule has 2 rings (SSSR count). The molecule has 0 saturated carbocycles. The first kappa shape index (κ1) is 17.3. The van der Waals surface area contributed by atoms with E-state index in [1.54, 1.807) is 24.3 Å². The third-order valence-electron chi connectivity index (χ3n) is 3.35. The van der Waals surface area contributed by atoms with Crippen molar-refractivity contribution in [3.63, 3.8) is 0 Å². The first-order valence-corrected chi connectivity index (χ1v) is 7.61. The quantitative estimate of drug-likeness (QED) is 0.533. The van der Waals surface area contributed by atoms with Crippen LogP contribution in [0.4, 0.5) is 5.69 Å². The third-order valence-corrected chi connectivity index (χ3v) is 3.35. The number of hydrogen-bond donors (Lipinski definition) is 3. The number of aromatic carboxylic acids is 1. The standard InChI is InChI=1S/C18H19NO5/c1-2-3-9-24-14-6-4-5-12(10-14)17(21)19-13-7-8-16(20)15(11-13)18(22)23/h4-8,10-11,20H,2-3,9H2,1H3,(H,19,21)(H,22,23). The number of anilines is 1. The van der Waals surface area contributed by atoms with Crippen LogP contribution in [0.1, 0.15) is 40.5 Å². The predicted molar refractivity (Wildman–Crippen MR) is 89.9 cm³/mol. The molecule has 6 nitrogen and oxygen atoms in total. The number of unbranched alkanes of at least 4 members (excludes halogenated alkanes) is 1. The van der Waals surface area contributed by atoms with Crippen LogP contribution in [0.2, 0.25) is 0 Å². The number of hydrogen-bond acceptors (Lipinski definition) is 4. The molecular formula is C18H19NO5. The van der Waals surface area contributed by atoms with Gasteiger partial charge < -0.3 is 20.3 Å². The summed E-state index contributed by atoms with van der Waals surface area (Å²) in [5, 5.41) is 21.1. The molecule has 0 unspecified atom stereocenters. The Morgan fingerprint density at radius 1 is 1.17 bits per heavy atom. The van der Waals surface area contributed by atoms with Gasteiger partial charge in [0.15, 0.2) is 0 Å². The average Bonchev–Trinajstić information content (AvgIpc) is 2.57. The molecule has 0 spiro atoms. The van der Waals surface area contributed by atoms with Crippen LogP contribution in [0, 0.1) is 0 Å². The van der Waals surface area contributed by atoms with Crippen molar-refractivity contribution < 1.29 is 24.5 Å². The van der Waals surface area contributed by atoms with Gasteiger partial charge in [-0.25, -0.2) is 4.79 Å². The van der Waals surface area contributed by atoms with Crippen LogP contribution in [0.25, 0.3) is 0 Å². The normalized spacial score (nSPS) is 10.2. The van der Waals surface area contributed by atoms with Crippen molar-refractivity contribution in [2.24, 2.45) is 0 Å². The highest BCUT2D eigenvalue weighted by atomic mass is 16.5. The van der Waals surface area contributed by atoms with Crippen molar-refractivity contribution in [2.45, 2.75) is 19.8 Å². The lowest BCUT2D eigenvalue weighted by Crippen LogP contribution is -2.12. The van der Waals surface area contributed by atoms with E-state index < -0.39 is 11.9 Å². The van der Waals surface area contributed by atoms with Crippen molar-refractivity contribution in [2.75, 3.05) is 11.9 Å². The number of carboxylic acids is 1. The molecule has 0 fully saturated rings. The number of aromatic hydroxyl groups is 1. The minimum absolute atomic E-state index is 0.274. The molecule has 0 atom stereocenters. The molecule has 0 aliphatic heterocycles. The van der Waals surface area contributed by atoms with Gasteiger partial charge in [0.2, 0.25) is 0 Å². The molecule has 0 saturated heterocycles. The summed E-state index contributed by atoms with van der Waals surface area (Å²) in [4.78, 5) is 23.3. The van der Waals surface area contributed by atoms with Crippen molar-refractivity contribution in [3.05, 3.63) is 53.6 Å². The zero-order valence-electron chi connectivity index (χ0n) is 13.3. The summed E-state index contributed by atoms with van der Waals surface area (Å²) >= 11 is 0.